The van der Waals surface area contributed by atoms with Crippen molar-refractivity contribution in [3.8, 4) is 0 Å². The predicted octanol–water partition coefficient (Wildman–Crippen LogP) is 3.49. The second kappa shape index (κ2) is 5.78. The van der Waals surface area contributed by atoms with Crippen LogP contribution in [0.15, 0.2) is 35.2 Å². The fourth-order valence-corrected chi connectivity index (χ4v) is 2.29. The number of nitro groups is 1. The molecule has 0 fully saturated rings. The first-order valence-electron chi connectivity index (χ1n) is 5.89. The van der Waals surface area contributed by atoms with Gasteiger partial charge in [0.1, 0.15) is 11.5 Å². The maximum atomic E-state index is 11.4. The molecule has 3 rings (SSSR count). The SMILES string of the molecule is O=[N+]([O-])c1c(Nc2nc(Cl)ncc2Br)ccc2nccnc12. The number of nitrogens with zero attached hydrogens (tertiary/aromatic N) is 5. The number of halogens is 2. The van der Waals surface area contributed by atoms with E-state index in [1.165, 1.54) is 24.7 Å². The first kappa shape index (κ1) is 14.5. The molecule has 0 spiro atoms. The molecule has 10 heteroatoms. The van der Waals surface area contributed by atoms with Gasteiger partial charge in [-0.2, -0.15) is 4.98 Å². The van der Waals surface area contributed by atoms with Gasteiger partial charge in [0.15, 0.2) is 5.52 Å². The van der Waals surface area contributed by atoms with E-state index < -0.39 is 4.92 Å². The Hall–Kier alpha value is -2.39. The van der Waals surface area contributed by atoms with E-state index in [0.29, 0.717) is 15.8 Å². The monoisotopic (exact) mass is 380 g/mol. The molecule has 1 N–H and O–H groups in total. The molecule has 8 nitrogen and oxygen atoms in total. The number of nitrogens with one attached hydrogen (secondary N) is 1. The molecule has 0 unspecified atom stereocenters. The maximum Gasteiger partial charge on any atom is 0.320 e. The maximum absolute atomic E-state index is 11.4. The van der Waals surface area contributed by atoms with Gasteiger partial charge in [-0.25, -0.2) is 9.97 Å². The molecule has 1 aromatic carbocycles. The molecule has 0 bridgehead atoms. The Kier molecular flexibility index (Phi) is 3.82. The summed E-state index contributed by atoms with van der Waals surface area (Å²) in [5.74, 6) is 0.311. The fraction of sp³-hybridized carbons (Fsp3) is 0. The van der Waals surface area contributed by atoms with Crippen LogP contribution in [0.2, 0.25) is 5.28 Å². The lowest BCUT2D eigenvalue weighted by atomic mass is 10.2. The Morgan fingerprint density at radius 2 is 2.00 bits per heavy atom. The van der Waals surface area contributed by atoms with Crippen molar-refractivity contribution in [2.24, 2.45) is 0 Å². The van der Waals surface area contributed by atoms with Gasteiger partial charge < -0.3 is 5.32 Å². The Bertz CT molecular complexity index is 891. The summed E-state index contributed by atoms with van der Waals surface area (Å²) >= 11 is 9.00. The number of aromatic nitrogens is 4. The largest absolute Gasteiger partial charge is 0.333 e. The summed E-state index contributed by atoms with van der Waals surface area (Å²) in [6.45, 7) is 0. The van der Waals surface area contributed by atoms with Crippen molar-refractivity contribution in [1.82, 2.24) is 19.9 Å². The lowest BCUT2D eigenvalue weighted by Gasteiger charge is -2.09. The van der Waals surface area contributed by atoms with Crippen LogP contribution < -0.4 is 5.32 Å². The molecule has 110 valence electrons. The molecular formula is C12H6BrClN6O2. The van der Waals surface area contributed by atoms with Crippen molar-refractivity contribution in [1.29, 1.82) is 0 Å². The van der Waals surface area contributed by atoms with Crippen LogP contribution in [0, 0.1) is 10.1 Å². The molecule has 0 aliphatic heterocycles. The third-order valence-corrected chi connectivity index (χ3v) is 3.53. The van der Waals surface area contributed by atoms with E-state index in [2.05, 4.69) is 41.2 Å². The van der Waals surface area contributed by atoms with Gasteiger partial charge in [0.25, 0.3) is 0 Å². The third-order valence-electron chi connectivity index (χ3n) is 2.76. The Balaban J connectivity index is 2.16. The quantitative estimate of drug-likeness (QED) is 0.420. The molecule has 0 radical (unpaired) electrons. The van der Waals surface area contributed by atoms with E-state index in [1.807, 2.05) is 0 Å². The van der Waals surface area contributed by atoms with Crippen LogP contribution in [0.1, 0.15) is 0 Å². The first-order chi connectivity index (χ1) is 10.6. The van der Waals surface area contributed by atoms with Crippen molar-refractivity contribution in [3.05, 3.63) is 50.6 Å². The van der Waals surface area contributed by atoms with Crippen molar-refractivity contribution >= 4 is 55.8 Å². The number of nitro benzene ring substituents is 1. The second-order valence-corrected chi connectivity index (χ2v) is 5.30. The van der Waals surface area contributed by atoms with Crippen LogP contribution >= 0.6 is 27.5 Å². The summed E-state index contributed by atoms with van der Waals surface area (Å²) in [5.41, 5.74) is 0.661. The van der Waals surface area contributed by atoms with Gasteiger partial charge >= 0.3 is 5.69 Å². The molecule has 0 saturated carbocycles. The van der Waals surface area contributed by atoms with Gasteiger partial charge in [-0.15, -0.1) is 0 Å². The summed E-state index contributed by atoms with van der Waals surface area (Å²) in [4.78, 5) is 26.8. The molecule has 22 heavy (non-hydrogen) atoms. The van der Waals surface area contributed by atoms with Crippen molar-refractivity contribution in [2.45, 2.75) is 0 Å². The minimum atomic E-state index is -0.518. The van der Waals surface area contributed by atoms with Crippen molar-refractivity contribution in [2.75, 3.05) is 5.32 Å². The van der Waals surface area contributed by atoms with Crippen molar-refractivity contribution in [3.63, 3.8) is 0 Å². The highest BCUT2D eigenvalue weighted by Crippen LogP contribution is 2.34. The van der Waals surface area contributed by atoms with E-state index in [0.717, 1.165) is 0 Å². The second-order valence-electron chi connectivity index (χ2n) is 4.10. The number of anilines is 2. The molecule has 0 amide bonds. The molecular weight excluding hydrogens is 376 g/mol. The number of fused-ring (bicyclic) bond motifs is 1. The number of hydrogen-bond donors (Lipinski definition) is 1. The highest BCUT2D eigenvalue weighted by atomic mass is 79.9. The van der Waals surface area contributed by atoms with Gasteiger partial charge in [-0.05, 0) is 39.7 Å². The minimum absolute atomic E-state index is 0.0222. The van der Waals surface area contributed by atoms with Crippen molar-refractivity contribution < 1.29 is 4.92 Å². The van der Waals surface area contributed by atoms with E-state index in [1.54, 1.807) is 6.07 Å². The van der Waals surface area contributed by atoms with Crippen LogP contribution in [0.3, 0.4) is 0 Å². The number of rotatable bonds is 3. The minimum Gasteiger partial charge on any atom is -0.333 e. The topological polar surface area (TPSA) is 107 Å². The Morgan fingerprint density at radius 1 is 1.23 bits per heavy atom. The van der Waals surface area contributed by atoms with Gasteiger partial charge in [0.2, 0.25) is 5.28 Å². The fourth-order valence-electron chi connectivity index (χ4n) is 1.87. The number of benzene rings is 1. The average Bonchev–Trinajstić information content (AvgIpc) is 2.50. The van der Waals surface area contributed by atoms with Crippen LogP contribution in [0.5, 0.6) is 0 Å². The molecule has 0 atom stereocenters. The van der Waals surface area contributed by atoms with Gasteiger partial charge in [-0.1, -0.05) is 0 Å². The van der Waals surface area contributed by atoms with Crippen LogP contribution in [-0.4, -0.2) is 24.9 Å². The Morgan fingerprint density at radius 3 is 2.77 bits per heavy atom. The smallest absolute Gasteiger partial charge is 0.320 e. The van der Waals surface area contributed by atoms with E-state index in [9.17, 15) is 10.1 Å². The molecule has 0 aliphatic carbocycles. The first-order valence-corrected chi connectivity index (χ1v) is 7.06. The average molecular weight is 382 g/mol. The predicted molar refractivity (Wildman–Crippen MR) is 84.2 cm³/mol. The molecule has 2 aromatic heterocycles. The van der Waals surface area contributed by atoms with Crippen LogP contribution in [-0.2, 0) is 0 Å². The lowest BCUT2D eigenvalue weighted by Crippen LogP contribution is -2.02. The van der Waals surface area contributed by atoms with E-state index in [-0.39, 0.29) is 22.2 Å². The summed E-state index contributed by atoms with van der Waals surface area (Å²) in [6, 6.07) is 3.17. The highest BCUT2D eigenvalue weighted by Gasteiger charge is 2.21. The zero-order valence-electron chi connectivity index (χ0n) is 10.7. The zero-order valence-corrected chi connectivity index (χ0v) is 13.0. The normalized spacial score (nSPS) is 10.6. The van der Waals surface area contributed by atoms with Gasteiger partial charge in [-0.3, -0.25) is 15.1 Å². The van der Waals surface area contributed by atoms with Crippen LogP contribution in [0.25, 0.3) is 11.0 Å². The molecule has 0 aliphatic rings. The van der Waals surface area contributed by atoms with E-state index >= 15 is 0 Å². The zero-order chi connectivity index (χ0) is 15.7. The summed E-state index contributed by atoms with van der Waals surface area (Å²) < 4.78 is 0.519. The highest BCUT2D eigenvalue weighted by molar-refractivity contribution is 9.10. The summed E-state index contributed by atoms with van der Waals surface area (Å²) in [5, 5.41) is 14.3. The summed E-state index contributed by atoms with van der Waals surface area (Å²) in [7, 11) is 0. The Labute approximate surface area is 136 Å². The van der Waals surface area contributed by atoms with Gasteiger partial charge in [0, 0.05) is 18.6 Å². The molecule has 0 saturated heterocycles. The summed E-state index contributed by atoms with van der Waals surface area (Å²) in [6.07, 6.45) is 4.32. The van der Waals surface area contributed by atoms with Crippen LogP contribution in [0.4, 0.5) is 17.2 Å². The van der Waals surface area contributed by atoms with Gasteiger partial charge in [0.05, 0.1) is 14.9 Å². The molecule has 3 aromatic rings. The van der Waals surface area contributed by atoms with E-state index in [4.69, 9.17) is 11.6 Å². The lowest BCUT2D eigenvalue weighted by molar-refractivity contribution is -0.382. The molecule has 2 heterocycles. The standard InChI is InChI=1S/C12H6BrClN6O2/c13-6-5-17-12(14)19-11(6)18-8-2-1-7-9(10(8)20(21)22)16-4-3-15-7/h1-5H,(H,17,18,19). The number of hydrogen-bond acceptors (Lipinski definition) is 7. The third kappa shape index (κ3) is 2.68.